The molecule has 1 aromatic carbocycles. The lowest BCUT2D eigenvalue weighted by molar-refractivity contribution is -0.152. The van der Waals surface area contributed by atoms with Gasteiger partial charge in [0.1, 0.15) is 6.04 Å². The van der Waals surface area contributed by atoms with Crippen molar-refractivity contribution in [3.63, 3.8) is 0 Å². The Morgan fingerprint density at radius 1 is 1.28 bits per heavy atom. The summed E-state index contributed by atoms with van der Waals surface area (Å²) < 4.78 is 5.36. The number of carbonyl (C=O) groups excluding carboxylic acids is 2. The molecule has 2 atom stereocenters. The number of benzene rings is 1. The van der Waals surface area contributed by atoms with E-state index in [4.69, 9.17) is 27.9 Å². The smallest absolute Gasteiger partial charge is 0.330 e. The highest BCUT2D eigenvalue weighted by molar-refractivity contribution is 8.00. The molecule has 2 rings (SSSR count). The number of thioether (sulfide) groups is 1. The van der Waals surface area contributed by atoms with E-state index >= 15 is 0 Å². The van der Waals surface area contributed by atoms with E-state index in [1.807, 2.05) is 20.8 Å². The molecule has 0 spiro atoms. The zero-order valence-electron chi connectivity index (χ0n) is 15.0. The standard InChI is InChI=1S/C18H23Cl2NO3S/c1-10(2)24-16(23)14-9-25-17(18(3,4)5)21(14)15(22)12-7-6-11(19)8-13(12)20/h6-8,10,14,17H,9H2,1-5H3. The number of ether oxygens (including phenoxy) is 1. The predicted octanol–water partition coefficient (Wildman–Crippen LogP) is 4.87. The second kappa shape index (κ2) is 7.77. The van der Waals surface area contributed by atoms with Crippen LogP contribution in [0.15, 0.2) is 18.2 Å². The molecule has 2 unspecified atom stereocenters. The van der Waals surface area contributed by atoms with Crippen molar-refractivity contribution in [2.24, 2.45) is 5.41 Å². The van der Waals surface area contributed by atoms with Crippen molar-refractivity contribution in [3.05, 3.63) is 33.8 Å². The first-order valence-corrected chi connectivity index (χ1v) is 9.92. The van der Waals surface area contributed by atoms with E-state index in [2.05, 4.69) is 0 Å². The number of amides is 1. The van der Waals surface area contributed by atoms with Crippen molar-refractivity contribution < 1.29 is 14.3 Å². The van der Waals surface area contributed by atoms with Crippen molar-refractivity contribution >= 4 is 46.8 Å². The Kier molecular flexibility index (Phi) is 6.34. The first-order valence-electron chi connectivity index (χ1n) is 8.12. The third-order valence-electron chi connectivity index (χ3n) is 3.76. The van der Waals surface area contributed by atoms with Crippen LogP contribution >= 0.6 is 35.0 Å². The van der Waals surface area contributed by atoms with Crippen LogP contribution in [-0.4, -0.2) is 40.0 Å². The maximum Gasteiger partial charge on any atom is 0.330 e. The van der Waals surface area contributed by atoms with E-state index in [1.165, 1.54) is 6.07 Å². The van der Waals surface area contributed by atoms with Crippen LogP contribution in [0, 0.1) is 5.41 Å². The van der Waals surface area contributed by atoms with E-state index < -0.39 is 6.04 Å². The molecular weight excluding hydrogens is 381 g/mol. The molecular formula is C18H23Cl2NO3S. The Labute approximate surface area is 163 Å². The molecule has 1 heterocycles. The molecule has 0 bridgehead atoms. The lowest BCUT2D eigenvalue weighted by atomic mass is 9.94. The summed E-state index contributed by atoms with van der Waals surface area (Å²) in [6.07, 6.45) is -0.234. The average Bonchev–Trinajstić information content (AvgIpc) is 2.90. The number of hydrogen-bond acceptors (Lipinski definition) is 4. The lowest BCUT2D eigenvalue weighted by Gasteiger charge is -2.36. The molecule has 1 saturated heterocycles. The fourth-order valence-electron chi connectivity index (χ4n) is 2.72. The maximum atomic E-state index is 13.2. The summed E-state index contributed by atoms with van der Waals surface area (Å²) in [6.45, 7) is 9.73. The molecule has 0 aliphatic carbocycles. The maximum absolute atomic E-state index is 13.2. The summed E-state index contributed by atoms with van der Waals surface area (Å²) >= 11 is 13.7. The van der Waals surface area contributed by atoms with Gasteiger partial charge < -0.3 is 9.64 Å². The van der Waals surface area contributed by atoms with Crippen molar-refractivity contribution in [1.82, 2.24) is 4.90 Å². The van der Waals surface area contributed by atoms with Crippen LogP contribution in [0.4, 0.5) is 0 Å². The van der Waals surface area contributed by atoms with Gasteiger partial charge in [0.25, 0.3) is 5.91 Å². The van der Waals surface area contributed by atoms with Crippen molar-refractivity contribution in [2.75, 3.05) is 5.75 Å². The van der Waals surface area contributed by atoms with Gasteiger partial charge in [0, 0.05) is 10.8 Å². The van der Waals surface area contributed by atoms with Gasteiger partial charge in [-0.1, -0.05) is 44.0 Å². The minimum absolute atomic E-state index is 0.156. The summed E-state index contributed by atoms with van der Waals surface area (Å²) in [5, 5.41) is 0.579. The minimum atomic E-state index is -0.629. The molecule has 138 valence electrons. The normalized spacial score (nSPS) is 20.9. The number of esters is 1. The first kappa shape index (κ1) is 20.4. The second-order valence-corrected chi connectivity index (χ2v) is 9.35. The van der Waals surface area contributed by atoms with E-state index in [9.17, 15) is 9.59 Å². The molecule has 7 heteroatoms. The number of hydrogen-bond donors (Lipinski definition) is 0. The van der Waals surface area contributed by atoms with Crippen molar-refractivity contribution in [2.45, 2.75) is 52.1 Å². The van der Waals surface area contributed by atoms with Crippen LogP contribution in [0.5, 0.6) is 0 Å². The summed E-state index contributed by atoms with van der Waals surface area (Å²) in [5.74, 6) is -0.158. The summed E-state index contributed by atoms with van der Waals surface area (Å²) in [4.78, 5) is 27.4. The Hall–Kier alpha value is -0.910. The van der Waals surface area contributed by atoms with Gasteiger partial charge in [-0.2, -0.15) is 0 Å². The van der Waals surface area contributed by atoms with Crippen molar-refractivity contribution in [3.8, 4) is 0 Å². The van der Waals surface area contributed by atoms with Crippen LogP contribution in [-0.2, 0) is 9.53 Å². The summed E-state index contributed by atoms with van der Waals surface area (Å²) in [5.41, 5.74) is 0.136. The second-order valence-electron chi connectivity index (χ2n) is 7.39. The zero-order valence-corrected chi connectivity index (χ0v) is 17.3. The zero-order chi connectivity index (χ0) is 18.9. The molecule has 1 fully saturated rings. The van der Waals surface area contributed by atoms with Gasteiger partial charge in [-0.15, -0.1) is 11.8 Å². The molecule has 1 aliphatic rings. The molecule has 0 aromatic heterocycles. The highest BCUT2D eigenvalue weighted by Crippen LogP contribution is 2.42. The SMILES string of the molecule is CC(C)OC(=O)C1CSC(C(C)(C)C)N1C(=O)c1ccc(Cl)cc1Cl. The van der Waals surface area contributed by atoms with Crippen LogP contribution in [0.1, 0.15) is 45.0 Å². The Morgan fingerprint density at radius 3 is 2.44 bits per heavy atom. The molecule has 25 heavy (non-hydrogen) atoms. The largest absolute Gasteiger partial charge is 0.461 e. The van der Waals surface area contributed by atoms with Gasteiger partial charge in [-0.05, 0) is 37.5 Å². The Morgan fingerprint density at radius 2 is 1.92 bits per heavy atom. The molecule has 0 N–H and O–H groups in total. The number of rotatable bonds is 3. The summed E-state index contributed by atoms with van der Waals surface area (Å²) in [6, 6.07) is 4.13. The van der Waals surface area contributed by atoms with Gasteiger partial charge in [-0.25, -0.2) is 4.79 Å². The van der Waals surface area contributed by atoms with Crippen LogP contribution in [0.2, 0.25) is 10.0 Å². The number of carbonyl (C=O) groups is 2. The number of nitrogens with zero attached hydrogens (tertiary/aromatic N) is 1. The molecule has 4 nitrogen and oxygen atoms in total. The lowest BCUT2D eigenvalue weighted by Crippen LogP contribution is -2.50. The highest BCUT2D eigenvalue weighted by Gasteiger charge is 2.47. The van der Waals surface area contributed by atoms with Crippen LogP contribution in [0.25, 0.3) is 0 Å². The quantitative estimate of drug-likeness (QED) is 0.674. The van der Waals surface area contributed by atoms with E-state index in [0.717, 1.165) is 0 Å². The third kappa shape index (κ3) is 4.63. The fraction of sp³-hybridized carbons (Fsp3) is 0.556. The van der Waals surface area contributed by atoms with Crippen LogP contribution in [0.3, 0.4) is 0 Å². The third-order valence-corrected chi connectivity index (χ3v) is 6.07. The monoisotopic (exact) mass is 403 g/mol. The fourth-order valence-corrected chi connectivity index (χ4v) is 4.77. The van der Waals surface area contributed by atoms with Gasteiger partial charge in [-0.3, -0.25) is 4.79 Å². The van der Waals surface area contributed by atoms with Crippen molar-refractivity contribution in [1.29, 1.82) is 0 Å². The van der Waals surface area contributed by atoms with E-state index in [1.54, 1.807) is 42.6 Å². The molecule has 0 radical (unpaired) electrons. The van der Waals surface area contributed by atoms with Gasteiger partial charge >= 0.3 is 5.97 Å². The van der Waals surface area contributed by atoms with Gasteiger partial charge in [0.2, 0.25) is 0 Å². The highest BCUT2D eigenvalue weighted by atomic mass is 35.5. The molecule has 1 aliphatic heterocycles. The van der Waals surface area contributed by atoms with E-state index in [-0.39, 0.29) is 33.8 Å². The van der Waals surface area contributed by atoms with Gasteiger partial charge in [0.05, 0.1) is 22.1 Å². The van der Waals surface area contributed by atoms with Crippen LogP contribution < -0.4 is 0 Å². The van der Waals surface area contributed by atoms with E-state index in [0.29, 0.717) is 16.3 Å². The summed E-state index contributed by atoms with van der Waals surface area (Å²) in [7, 11) is 0. The average molecular weight is 404 g/mol. The Bertz CT molecular complexity index is 673. The van der Waals surface area contributed by atoms with Gasteiger partial charge in [0.15, 0.2) is 0 Å². The topological polar surface area (TPSA) is 46.6 Å². The number of halogens is 2. The minimum Gasteiger partial charge on any atom is -0.461 e. The molecule has 0 saturated carbocycles. The molecule has 1 aromatic rings. The Balaban J connectivity index is 2.40. The molecule has 1 amide bonds. The predicted molar refractivity (Wildman–Crippen MR) is 103 cm³/mol. The first-order chi connectivity index (χ1) is 11.5.